The van der Waals surface area contributed by atoms with Gasteiger partial charge in [0, 0.05) is 13.1 Å². The van der Waals surface area contributed by atoms with Crippen molar-refractivity contribution in [3.63, 3.8) is 0 Å². The fourth-order valence-corrected chi connectivity index (χ4v) is 3.61. The molecule has 0 aliphatic carbocycles. The number of nitrogens with zero attached hydrogens (tertiary/aromatic N) is 3. The summed E-state index contributed by atoms with van der Waals surface area (Å²) in [6.45, 7) is 4.74. The molecule has 0 radical (unpaired) electrons. The number of benzene rings is 2. The molecule has 5 nitrogen and oxygen atoms in total. The molecule has 0 aliphatic rings. The van der Waals surface area contributed by atoms with Crippen molar-refractivity contribution in [3.05, 3.63) is 88.2 Å². The maximum absolute atomic E-state index is 12.6. The SMILES string of the molecule is Cc1nn(Cc2ccccc2)c(Cl)c1C(=O)NCCCN(C)Cc1ccccc1. The average molecular weight is 411 g/mol. The van der Waals surface area contributed by atoms with E-state index in [-0.39, 0.29) is 5.91 Å². The minimum absolute atomic E-state index is 0.169. The summed E-state index contributed by atoms with van der Waals surface area (Å²) in [7, 11) is 2.09. The summed E-state index contributed by atoms with van der Waals surface area (Å²) in [5.41, 5.74) is 3.47. The highest BCUT2D eigenvalue weighted by Gasteiger charge is 2.20. The van der Waals surface area contributed by atoms with Crippen LogP contribution in [0.1, 0.15) is 33.6 Å². The third-order valence-corrected chi connectivity index (χ3v) is 5.15. The number of nitrogens with one attached hydrogen (secondary N) is 1. The van der Waals surface area contributed by atoms with E-state index in [9.17, 15) is 4.79 Å². The Balaban J connectivity index is 1.49. The van der Waals surface area contributed by atoms with Gasteiger partial charge in [-0.25, -0.2) is 4.68 Å². The molecule has 1 aromatic heterocycles. The highest BCUT2D eigenvalue weighted by atomic mass is 35.5. The van der Waals surface area contributed by atoms with Crippen LogP contribution in [-0.2, 0) is 13.1 Å². The lowest BCUT2D eigenvalue weighted by atomic mass is 10.2. The number of aromatic nitrogens is 2. The van der Waals surface area contributed by atoms with Gasteiger partial charge in [-0.1, -0.05) is 72.3 Å². The normalized spacial score (nSPS) is 11.0. The molecular weight excluding hydrogens is 384 g/mol. The second-order valence-corrected chi connectivity index (χ2v) is 7.59. The highest BCUT2D eigenvalue weighted by molar-refractivity contribution is 6.33. The van der Waals surface area contributed by atoms with Gasteiger partial charge in [-0.2, -0.15) is 5.10 Å². The van der Waals surface area contributed by atoms with Crippen molar-refractivity contribution >= 4 is 17.5 Å². The fourth-order valence-electron chi connectivity index (χ4n) is 3.29. The molecule has 0 fully saturated rings. The van der Waals surface area contributed by atoms with Gasteiger partial charge in [0.2, 0.25) is 0 Å². The van der Waals surface area contributed by atoms with Crippen LogP contribution in [0.15, 0.2) is 60.7 Å². The molecule has 1 N–H and O–H groups in total. The maximum atomic E-state index is 12.6. The van der Waals surface area contributed by atoms with Crippen LogP contribution < -0.4 is 5.32 Å². The Kier molecular flexibility index (Phi) is 7.44. The molecule has 3 aromatic rings. The maximum Gasteiger partial charge on any atom is 0.256 e. The first kappa shape index (κ1) is 21.1. The summed E-state index contributed by atoms with van der Waals surface area (Å²) in [4.78, 5) is 14.9. The molecule has 1 heterocycles. The minimum atomic E-state index is -0.169. The van der Waals surface area contributed by atoms with E-state index >= 15 is 0 Å². The number of hydrogen-bond acceptors (Lipinski definition) is 3. The van der Waals surface area contributed by atoms with Crippen molar-refractivity contribution in [1.29, 1.82) is 0 Å². The molecule has 0 aliphatic heterocycles. The van der Waals surface area contributed by atoms with Crippen molar-refractivity contribution in [2.45, 2.75) is 26.4 Å². The topological polar surface area (TPSA) is 50.2 Å². The number of carbonyl (C=O) groups excluding carboxylic acids is 1. The van der Waals surface area contributed by atoms with Crippen molar-refractivity contribution in [1.82, 2.24) is 20.0 Å². The molecule has 152 valence electrons. The Bertz CT molecular complexity index is 925. The fraction of sp³-hybridized carbons (Fsp3) is 0.304. The number of rotatable bonds is 9. The number of aryl methyl sites for hydroxylation is 1. The molecule has 0 spiro atoms. The van der Waals surface area contributed by atoms with E-state index in [0.717, 1.165) is 25.1 Å². The molecule has 6 heteroatoms. The van der Waals surface area contributed by atoms with Gasteiger partial charge < -0.3 is 10.2 Å². The van der Waals surface area contributed by atoms with Gasteiger partial charge in [0.05, 0.1) is 17.8 Å². The van der Waals surface area contributed by atoms with E-state index in [1.807, 2.05) is 55.5 Å². The van der Waals surface area contributed by atoms with Crippen LogP contribution in [0.4, 0.5) is 0 Å². The molecule has 0 unspecified atom stereocenters. The quantitative estimate of drug-likeness (QED) is 0.539. The predicted octanol–water partition coefficient (Wildman–Crippen LogP) is 4.15. The minimum Gasteiger partial charge on any atom is -0.352 e. The summed E-state index contributed by atoms with van der Waals surface area (Å²) >= 11 is 6.46. The van der Waals surface area contributed by atoms with Gasteiger partial charge in [-0.05, 0) is 38.1 Å². The van der Waals surface area contributed by atoms with Crippen LogP contribution in [0.5, 0.6) is 0 Å². The first-order valence-corrected chi connectivity index (χ1v) is 10.2. The van der Waals surface area contributed by atoms with Crippen LogP contribution in [0.25, 0.3) is 0 Å². The van der Waals surface area contributed by atoms with E-state index in [4.69, 9.17) is 11.6 Å². The van der Waals surface area contributed by atoms with Gasteiger partial charge in [-0.15, -0.1) is 0 Å². The number of amides is 1. The van der Waals surface area contributed by atoms with Crippen LogP contribution in [-0.4, -0.2) is 40.7 Å². The van der Waals surface area contributed by atoms with Gasteiger partial charge in [-0.3, -0.25) is 4.79 Å². The molecule has 0 bridgehead atoms. The van der Waals surface area contributed by atoms with Crippen LogP contribution in [0.2, 0.25) is 5.15 Å². The second-order valence-electron chi connectivity index (χ2n) is 7.23. The smallest absolute Gasteiger partial charge is 0.256 e. The van der Waals surface area contributed by atoms with E-state index < -0.39 is 0 Å². The van der Waals surface area contributed by atoms with E-state index in [2.05, 4.69) is 34.5 Å². The summed E-state index contributed by atoms with van der Waals surface area (Å²) in [5, 5.41) is 7.80. The lowest BCUT2D eigenvalue weighted by Crippen LogP contribution is -2.28. The predicted molar refractivity (Wildman–Crippen MR) is 117 cm³/mol. The largest absolute Gasteiger partial charge is 0.352 e. The number of halogens is 1. The molecule has 29 heavy (non-hydrogen) atoms. The Morgan fingerprint density at radius 1 is 1.07 bits per heavy atom. The van der Waals surface area contributed by atoms with Crippen molar-refractivity contribution < 1.29 is 4.79 Å². The molecule has 1 amide bonds. The summed E-state index contributed by atoms with van der Waals surface area (Å²) in [6.07, 6.45) is 0.865. The van der Waals surface area contributed by atoms with E-state index in [1.165, 1.54) is 5.56 Å². The van der Waals surface area contributed by atoms with Crippen molar-refractivity contribution in [2.75, 3.05) is 20.1 Å². The zero-order valence-electron chi connectivity index (χ0n) is 16.9. The molecule has 2 aromatic carbocycles. The Hall–Kier alpha value is -2.63. The Morgan fingerprint density at radius 2 is 1.69 bits per heavy atom. The van der Waals surface area contributed by atoms with E-state index in [1.54, 1.807) is 4.68 Å². The highest BCUT2D eigenvalue weighted by Crippen LogP contribution is 2.21. The Labute approximate surface area is 177 Å². The third-order valence-electron chi connectivity index (χ3n) is 4.77. The van der Waals surface area contributed by atoms with Gasteiger partial charge in [0.25, 0.3) is 5.91 Å². The molecule has 0 atom stereocenters. The van der Waals surface area contributed by atoms with Crippen molar-refractivity contribution in [3.8, 4) is 0 Å². The lowest BCUT2D eigenvalue weighted by molar-refractivity contribution is 0.0951. The van der Waals surface area contributed by atoms with Crippen LogP contribution in [0.3, 0.4) is 0 Å². The van der Waals surface area contributed by atoms with E-state index in [0.29, 0.717) is 29.5 Å². The third kappa shape index (κ3) is 5.92. The monoisotopic (exact) mass is 410 g/mol. The molecule has 3 rings (SSSR count). The summed E-state index contributed by atoms with van der Waals surface area (Å²) < 4.78 is 1.68. The lowest BCUT2D eigenvalue weighted by Gasteiger charge is -2.16. The van der Waals surface area contributed by atoms with Crippen molar-refractivity contribution in [2.24, 2.45) is 0 Å². The first-order chi connectivity index (χ1) is 14.0. The van der Waals surface area contributed by atoms with Crippen LogP contribution in [0, 0.1) is 6.92 Å². The van der Waals surface area contributed by atoms with Gasteiger partial charge in [0.1, 0.15) is 5.15 Å². The first-order valence-electron chi connectivity index (χ1n) is 9.82. The van der Waals surface area contributed by atoms with Gasteiger partial charge in [0.15, 0.2) is 0 Å². The zero-order chi connectivity index (χ0) is 20.6. The molecular formula is C23H27ClN4O. The molecule has 0 saturated heterocycles. The summed E-state index contributed by atoms with van der Waals surface area (Å²) in [5.74, 6) is -0.169. The Morgan fingerprint density at radius 3 is 2.34 bits per heavy atom. The number of hydrogen-bond donors (Lipinski definition) is 1. The zero-order valence-corrected chi connectivity index (χ0v) is 17.7. The number of carbonyl (C=O) groups is 1. The molecule has 0 saturated carbocycles. The summed E-state index contributed by atoms with van der Waals surface area (Å²) in [6, 6.07) is 20.3. The average Bonchev–Trinajstić information content (AvgIpc) is 3.00. The van der Waals surface area contributed by atoms with Crippen LogP contribution >= 0.6 is 11.6 Å². The second kappa shape index (κ2) is 10.2. The van der Waals surface area contributed by atoms with Gasteiger partial charge >= 0.3 is 0 Å². The standard InChI is InChI=1S/C23H27ClN4O/c1-18-21(22(24)28(26-18)17-20-12-7-4-8-13-20)23(29)25-14-9-15-27(2)16-19-10-5-3-6-11-19/h3-8,10-13H,9,14-17H2,1-2H3,(H,25,29).